The Bertz CT molecular complexity index is 407. The SMILES string of the molecule is Cl.N=C(N)NC(=N)NC1Cc2ccccc2C1. The molecule has 0 fully saturated rings. The molecule has 92 valence electrons. The maximum Gasteiger partial charge on any atom is 0.195 e. The highest BCUT2D eigenvalue weighted by Crippen LogP contribution is 2.21. The van der Waals surface area contributed by atoms with Crippen LogP contribution in [-0.4, -0.2) is 18.0 Å². The van der Waals surface area contributed by atoms with E-state index in [0.29, 0.717) is 0 Å². The van der Waals surface area contributed by atoms with Crippen LogP contribution in [0.25, 0.3) is 0 Å². The molecule has 1 aliphatic rings. The molecule has 1 aromatic rings. The van der Waals surface area contributed by atoms with Crippen LogP contribution in [0.15, 0.2) is 24.3 Å². The number of rotatable bonds is 1. The summed E-state index contributed by atoms with van der Waals surface area (Å²) in [6, 6.07) is 8.50. The first-order chi connectivity index (χ1) is 7.65. The first-order valence-electron chi connectivity index (χ1n) is 5.18. The Hall–Kier alpha value is -1.75. The van der Waals surface area contributed by atoms with E-state index in [1.54, 1.807) is 0 Å². The van der Waals surface area contributed by atoms with Crippen LogP contribution in [0.2, 0.25) is 0 Å². The van der Waals surface area contributed by atoms with E-state index in [-0.39, 0.29) is 30.4 Å². The molecule has 0 heterocycles. The molecule has 6 heteroatoms. The van der Waals surface area contributed by atoms with E-state index in [2.05, 4.69) is 22.8 Å². The largest absolute Gasteiger partial charge is 0.370 e. The van der Waals surface area contributed by atoms with Gasteiger partial charge in [-0.25, -0.2) is 0 Å². The lowest BCUT2D eigenvalue weighted by atomic mass is 10.1. The number of benzene rings is 1. The van der Waals surface area contributed by atoms with Crippen molar-refractivity contribution in [1.82, 2.24) is 10.6 Å². The second-order valence-electron chi connectivity index (χ2n) is 3.93. The van der Waals surface area contributed by atoms with Crippen LogP contribution >= 0.6 is 12.4 Å². The molecule has 0 saturated heterocycles. The minimum atomic E-state index is -0.215. The maximum absolute atomic E-state index is 7.55. The highest BCUT2D eigenvalue weighted by atomic mass is 35.5. The van der Waals surface area contributed by atoms with Gasteiger partial charge in [0.2, 0.25) is 0 Å². The minimum absolute atomic E-state index is 0. The highest BCUT2D eigenvalue weighted by Gasteiger charge is 2.21. The van der Waals surface area contributed by atoms with Crippen molar-refractivity contribution in [3.05, 3.63) is 35.4 Å². The number of nitrogens with one attached hydrogen (secondary N) is 4. The van der Waals surface area contributed by atoms with Gasteiger partial charge in [0.1, 0.15) is 0 Å². The molecule has 17 heavy (non-hydrogen) atoms. The Balaban J connectivity index is 0.00000144. The van der Waals surface area contributed by atoms with E-state index < -0.39 is 0 Å². The van der Waals surface area contributed by atoms with Gasteiger partial charge in [0.05, 0.1) is 0 Å². The molecule has 0 unspecified atom stereocenters. The van der Waals surface area contributed by atoms with Crippen molar-refractivity contribution in [3.8, 4) is 0 Å². The third kappa shape index (κ3) is 3.35. The molecule has 0 aliphatic heterocycles. The van der Waals surface area contributed by atoms with Crippen molar-refractivity contribution in [2.24, 2.45) is 5.73 Å². The fraction of sp³-hybridized carbons (Fsp3) is 0.273. The molecule has 0 atom stereocenters. The molecular weight excluding hydrogens is 238 g/mol. The first kappa shape index (κ1) is 13.3. The number of fused-ring (bicyclic) bond motifs is 1. The van der Waals surface area contributed by atoms with Crippen molar-refractivity contribution < 1.29 is 0 Å². The van der Waals surface area contributed by atoms with Crippen LogP contribution < -0.4 is 16.4 Å². The van der Waals surface area contributed by atoms with Gasteiger partial charge in [-0.2, -0.15) is 0 Å². The average Bonchev–Trinajstić information content (AvgIpc) is 2.57. The maximum atomic E-state index is 7.55. The van der Waals surface area contributed by atoms with Gasteiger partial charge in [0.15, 0.2) is 11.9 Å². The fourth-order valence-corrected chi connectivity index (χ4v) is 2.04. The van der Waals surface area contributed by atoms with E-state index in [0.717, 1.165) is 12.8 Å². The quantitative estimate of drug-likeness (QED) is 0.374. The standard InChI is InChI=1S/C11H15N5.ClH/c12-10(13)16-11(14)15-9-5-7-3-1-2-4-8(7)6-9;/h1-4,9H,5-6H2,(H6,12,13,14,15,16);1H. The molecular formula is C11H16ClN5. The minimum Gasteiger partial charge on any atom is -0.370 e. The average molecular weight is 254 g/mol. The number of nitrogens with two attached hydrogens (primary N) is 1. The van der Waals surface area contributed by atoms with Crippen molar-refractivity contribution in [2.45, 2.75) is 18.9 Å². The summed E-state index contributed by atoms with van der Waals surface area (Å²) in [6.07, 6.45) is 1.83. The molecule has 0 saturated carbocycles. The Morgan fingerprint density at radius 3 is 2.18 bits per heavy atom. The van der Waals surface area contributed by atoms with Crippen LogP contribution in [0.3, 0.4) is 0 Å². The van der Waals surface area contributed by atoms with Gasteiger partial charge in [-0.3, -0.25) is 16.1 Å². The van der Waals surface area contributed by atoms with E-state index in [1.807, 2.05) is 12.1 Å². The van der Waals surface area contributed by atoms with Gasteiger partial charge in [0, 0.05) is 6.04 Å². The van der Waals surface area contributed by atoms with Gasteiger partial charge >= 0.3 is 0 Å². The molecule has 0 bridgehead atoms. The lowest BCUT2D eigenvalue weighted by Crippen LogP contribution is -2.47. The van der Waals surface area contributed by atoms with E-state index >= 15 is 0 Å². The number of hydrogen-bond acceptors (Lipinski definition) is 2. The zero-order valence-electron chi connectivity index (χ0n) is 9.29. The summed E-state index contributed by atoms with van der Waals surface area (Å²) < 4.78 is 0. The molecule has 1 aliphatic carbocycles. The summed E-state index contributed by atoms with van der Waals surface area (Å²) in [5, 5.41) is 20.0. The van der Waals surface area contributed by atoms with Gasteiger partial charge in [-0.15, -0.1) is 12.4 Å². The number of hydrogen-bond donors (Lipinski definition) is 5. The summed E-state index contributed by atoms with van der Waals surface area (Å²) in [6.45, 7) is 0. The van der Waals surface area contributed by atoms with Crippen LogP contribution in [0, 0.1) is 10.8 Å². The highest BCUT2D eigenvalue weighted by molar-refractivity contribution is 5.95. The van der Waals surface area contributed by atoms with Crippen molar-refractivity contribution >= 4 is 24.3 Å². The van der Waals surface area contributed by atoms with Gasteiger partial charge in [0.25, 0.3) is 0 Å². The number of guanidine groups is 2. The molecule has 6 N–H and O–H groups in total. The van der Waals surface area contributed by atoms with Gasteiger partial charge in [-0.1, -0.05) is 24.3 Å². The second-order valence-corrected chi connectivity index (χ2v) is 3.93. The van der Waals surface area contributed by atoms with Crippen molar-refractivity contribution in [1.29, 1.82) is 10.8 Å². The molecule has 1 aromatic carbocycles. The van der Waals surface area contributed by atoms with Crippen molar-refractivity contribution in [2.75, 3.05) is 0 Å². The zero-order valence-corrected chi connectivity index (χ0v) is 10.1. The molecule has 0 aromatic heterocycles. The lowest BCUT2D eigenvalue weighted by Gasteiger charge is -2.14. The normalized spacial score (nSPS) is 13.4. The summed E-state index contributed by atoms with van der Waals surface area (Å²) in [7, 11) is 0. The summed E-state index contributed by atoms with van der Waals surface area (Å²) >= 11 is 0. The van der Waals surface area contributed by atoms with Crippen LogP contribution in [-0.2, 0) is 12.8 Å². The van der Waals surface area contributed by atoms with Crippen LogP contribution in [0.1, 0.15) is 11.1 Å². The van der Waals surface area contributed by atoms with E-state index in [1.165, 1.54) is 11.1 Å². The molecule has 5 nitrogen and oxygen atoms in total. The topological polar surface area (TPSA) is 97.8 Å². The summed E-state index contributed by atoms with van der Waals surface area (Å²) in [5.41, 5.74) is 7.80. The molecule has 2 rings (SSSR count). The molecule has 0 spiro atoms. The molecule has 0 amide bonds. The van der Waals surface area contributed by atoms with Crippen molar-refractivity contribution in [3.63, 3.8) is 0 Å². The Kier molecular flexibility index (Phi) is 4.34. The third-order valence-corrected chi connectivity index (χ3v) is 2.66. The Labute approximate surface area is 106 Å². The van der Waals surface area contributed by atoms with Crippen LogP contribution in [0.5, 0.6) is 0 Å². The van der Waals surface area contributed by atoms with E-state index in [9.17, 15) is 0 Å². The summed E-state index contributed by atoms with van der Waals surface area (Å²) in [4.78, 5) is 0. The van der Waals surface area contributed by atoms with Gasteiger partial charge in [-0.05, 0) is 24.0 Å². The first-order valence-corrected chi connectivity index (χ1v) is 5.18. The lowest BCUT2D eigenvalue weighted by molar-refractivity contribution is 0.634. The van der Waals surface area contributed by atoms with Crippen LogP contribution in [0.4, 0.5) is 0 Å². The zero-order chi connectivity index (χ0) is 11.5. The monoisotopic (exact) mass is 253 g/mol. The second kappa shape index (κ2) is 5.54. The summed E-state index contributed by atoms with van der Waals surface area (Å²) in [5.74, 6) is -0.127. The van der Waals surface area contributed by atoms with E-state index in [4.69, 9.17) is 16.6 Å². The Morgan fingerprint density at radius 1 is 1.18 bits per heavy atom. The third-order valence-electron chi connectivity index (χ3n) is 2.66. The smallest absolute Gasteiger partial charge is 0.195 e. The molecule has 0 radical (unpaired) electrons. The Morgan fingerprint density at radius 2 is 1.71 bits per heavy atom. The predicted molar refractivity (Wildman–Crippen MR) is 70.8 cm³/mol. The fourth-order valence-electron chi connectivity index (χ4n) is 2.04. The number of halogens is 1. The predicted octanol–water partition coefficient (Wildman–Crippen LogP) is 0.583. The van der Waals surface area contributed by atoms with Gasteiger partial charge < -0.3 is 11.1 Å².